The van der Waals surface area contributed by atoms with Gasteiger partial charge in [0.15, 0.2) is 28.8 Å². The van der Waals surface area contributed by atoms with E-state index in [0.29, 0.717) is 22.4 Å². The van der Waals surface area contributed by atoms with Crippen molar-refractivity contribution in [3.8, 4) is 34.5 Å². The number of rotatable bonds is 24. The van der Waals surface area contributed by atoms with Crippen LogP contribution in [0.3, 0.4) is 0 Å². The summed E-state index contributed by atoms with van der Waals surface area (Å²) >= 11 is 0. The van der Waals surface area contributed by atoms with Crippen LogP contribution in [0.1, 0.15) is 69.5 Å². The summed E-state index contributed by atoms with van der Waals surface area (Å²) in [4.78, 5) is 52.5. The van der Waals surface area contributed by atoms with E-state index in [1.54, 1.807) is 36.4 Å². The first kappa shape index (κ1) is 54.3. The molecule has 0 fully saturated rings. The highest BCUT2D eigenvalue weighted by Gasteiger charge is 2.41. The average molecular weight is 994 g/mol. The Hall–Kier alpha value is -7.64. The van der Waals surface area contributed by atoms with E-state index in [4.69, 9.17) is 34.2 Å². The number of hydrogen-bond donors (Lipinski definition) is 3. The van der Waals surface area contributed by atoms with E-state index in [2.05, 4.69) is 0 Å². The molecule has 13 nitrogen and oxygen atoms in total. The molecular weight excluding hydrogens is 945 g/mol. The van der Waals surface area contributed by atoms with Gasteiger partial charge in [-0.15, -0.1) is 0 Å². The van der Waals surface area contributed by atoms with E-state index in [0.717, 1.165) is 6.08 Å². The minimum atomic E-state index is -4.32. The number of nitrogens with two attached hydrogens (primary N) is 1. The number of nitrogen functional groups attached to an aromatic ring is 1. The number of ketones is 2. The molecule has 0 radical (unpaired) electrons. The van der Waals surface area contributed by atoms with Crippen LogP contribution in [-0.2, 0) is 16.0 Å². The maximum Gasteiger partial charge on any atom is 0.389 e. The van der Waals surface area contributed by atoms with Crippen LogP contribution in [0.5, 0.6) is 34.5 Å². The molecule has 0 spiro atoms. The number of benzene rings is 5. The fourth-order valence-corrected chi connectivity index (χ4v) is 6.65. The van der Waals surface area contributed by atoms with Crippen LogP contribution in [0.15, 0.2) is 121 Å². The highest BCUT2D eigenvalue weighted by molar-refractivity contribution is 6.00. The minimum Gasteiger partial charge on any atom is -0.493 e. The summed E-state index contributed by atoms with van der Waals surface area (Å²) in [6, 6.07) is 26.4. The van der Waals surface area contributed by atoms with Crippen LogP contribution in [-0.4, -0.2) is 79.3 Å². The fourth-order valence-electron chi connectivity index (χ4n) is 6.65. The molecule has 0 saturated carbocycles. The van der Waals surface area contributed by atoms with Crippen molar-refractivity contribution in [1.82, 2.24) is 0 Å². The van der Waals surface area contributed by atoms with Crippen LogP contribution in [0.4, 0.5) is 32.0 Å². The van der Waals surface area contributed by atoms with Crippen LogP contribution >= 0.6 is 0 Å². The minimum absolute atomic E-state index is 0.0579. The topological polar surface area (TPSA) is 190 Å². The molecule has 0 amide bonds. The Balaban J connectivity index is 1.18. The second-order valence-corrected chi connectivity index (χ2v) is 15.9. The van der Waals surface area contributed by atoms with E-state index < -0.39 is 66.8 Å². The van der Waals surface area contributed by atoms with Crippen LogP contribution in [0.2, 0.25) is 0 Å². The van der Waals surface area contributed by atoms with Gasteiger partial charge in [0, 0.05) is 30.9 Å². The smallest absolute Gasteiger partial charge is 0.389 e. The fraction of sp³-hybridized carbons (Fsp3) is 0.269. The first-order valence-electron chi connectivity index (χ1n) is 21.7. The molecule has 0 bridgehead atoms. The van der Waals surface area contributed by atoms with Crippen LogP contribution in [0.25, 0.3) is 12.2 Å². The van der Waals surface area contributed by atoms with Gasteiger partial charge in [-0.3, -0.25) is 9.59 Å². The third kappa shape index (κ3) is 17.4. The molecule has 376 valence electrons. The van der Waals surface area contributed by atoms with E-state index in [1.165, 1.54) is 105 Å². The van der Waals surface area contributed by atoms with Crippen molar-refractivity contribution in [2.45, 2.75) is 56.7 Å². The largest absolute Gasteiger partial charge is 0.493 e. The standard InChI is InChI=1S/C52H49F6NO12/c1-66-45-30-36(13-22-43(45)68-27-3-25-50(53,54)55)48(62)70-41-18-8-33(9-19-41)7-17-40(60)32-38(29-35-5-15-39(59)16-6-35)52(64,65)47(61)24-12-34-10-20-42(21-11-34)71-49(63)37-14-23-44(46(31-37)67-2)69-28-4-26-51(56,57)58/h5-24,30-31,38,64-65H,3-4,25-29,32,59H2,1-2H3/b17-7+,24-12+. The number of aliphatic hydroxyl groups is 2. The molecule has 1 unspecified atom stereocenters. The molecule has 0 aromatic heterocycles. The van der Waals surface area contributed by atoms with Crippen molar-refractivity contribution in [2.75, 3.05) is 33.2 Å². The lowest BCUT2D eigenvalue weighted by Crippen LogP contribution is -2.46. The number of esters is 2. The Kier molecular flexibility index (Phi) is 18.9. The van der Waals surface area contributed by atoms with E-state index >= 15 is 0 Å². The normalized spacial score (nSPS) is 12.4. The Morgan fingerprint density at radius 3 is 1.45 bits per heavy atom. The maximum atomic E-state index is 13.4. The molecule has 0 aliphatic rings. The number of methoxy groups -OCH3 is 2. The molecule has 0 saturated heterocycles. The summed E-state index contributed by atoms with van der Waals surface area (Å²) in [5.74, 6) is -6.84. The SMILES string of the molecule is COc1cc(C(=O)Oc2ccc(/C=C/C(=O)CC(Cc3ccc(N)cc3)C(O)(O)C(=O)/C=C/c3ccc(OC(=O)c4ccc(OCCCC(F)(F)F)c(OC)c4)cc3)cc2)ccc1OCCCC(F)(F)F. The zero-order valence-electron chi connectivity index (χ0n) is 38.3. The van der Waals surface area contributed by atoms with Crippen molar-refractivity contribution in [1.29, 1.82) is 0 Å². The van der Waals surface area contributed by atoms with Gasteiger partial charge in [-0.2, -0.15) is 26.3 Å². The Morgan fingerprint density at radius 2 is 1.03 bits per heavy atom. The number of anilines is 1. The lowest BCUT2D eigenvalue weighted by atomic mass is 9.84. The number of halogens is 6. The Morgan fingerprint density at radius 1 is 0.592 bits per heavy atom. The summed E-state index contributed by atoms with van der Waals surface area (Å²) in [6.07, 6.45) is -6.89. The van der Waals surface area contributed by atoms with Gasteiger partial charge in [-0.25, -0.2) is 9.59 Å². The number of carbonyl (C=O) groups is 4. The van der Waals surface area contributed by atoms with Crippen LogP contribution in [0, 0.1) is 5.92 Å². The van der Waals surface area contributed by atoms with Gasteiger partial charge in [-0.1, -0.05) is 48.6 Å². The lowest BCUT2D eigenvalue weighted by Gasteiger charge is -2.28. The maximum absolute atomic E-state index is 13.4. The molecule has 5 aromatic carbocycles. The molecule has 4 N–H and O–H groups in total. The summed E-state index contributed by atoms with van der Waals surface area (Å²) < 4.78 is 107. The second kappa shape index (κ2) is 24.8. The predicted octanol–water partition coefficient (Wildman–Crippen LogP) is 9.96. The Labute approximate surface area is 404 Å². The van der Waals surface area contributed by atoms with Gasteiger partial charge in [0.1, 0.15) is 11.5 Å². The summed E-state index contributed by atoms with van der Waals surface area (Å²) in [5.41, 5.74) is 7.86. The predicted molar refractivity (Wildman–Crippen MR) is 248 cm³/mol. The molecular formula is C52H49F6NO12. The van der Waals surface area contributed by atoms with Gasteiger partial charge in [-0.05, 0) is 121 Å². The number of alkyl halides is 6. The zero-order chi connectivity index (χ0) is 51.8. The summed E-state index contributed by atoms with van der Waals surface area (Å²) in [7, 11) is 2.61. The number of ether oxygens (including phenoxy) is 6. The highest BCUT2D eigenvalue weighted by atomic mass is 19.4. The summed E-state index contributed by atoms with van der Waals surface area (Å²) in [6.45, 7) is -0.443. The average Bonchev–Trinajstić information content (AvgIpc) is 3.33. The third-order valence-corrected chi connectivity index (χ3v) is 10.4. The molecule has 1 atom stereocenters. The molecule has 5 aromatic rings. The molecule has 71 heavy (non-hydrogen) atoms. The quantitative estimate of drug-likeness (QED) is 0.0101. The summed E-state index contributed by atoms with van der Waals surface area (Å²) in [5, 5.41) is 22.6. The highest BCUT2D eigenvalue weighted by Crippen LogP contribution is 2.32. The van der Waals surface area contributed by atoms with Crippen molar-refractivity contribution in [2.24, 2.45) is 5.92 Å². The second-order valence-electron chi connectivity index (χ2n) is 15.9. The first-order valence-corrected chi connectivity index (χ1v) is 21.7. The van der Waals surface area contributed by atoms with Crippen molar-refractivity contribution < 1.29 is 84.2 Å². The lowest BCUT2D eigenvalue weighted by molar-refractivity contribution is -0.199. The zero-order valence-corrected chi connectivity index (χ0v) is 38.3. The van der Waals surface area contributed by atoms with E-state index in [-0.39, 0.29) is 78.1 Å². The van der Waals surface area contributed by atoms with Gasteiger partial charge >= 0.3 is 24.3 Å². The van der Waals surface area contributed by atoms with E-state index in [1.807, 2.05) is 0 Å². The van der Waals surface area contributed by atoms with Crippen LogP contribution < -0.4 is 34.2 Å². The molecule has 5 rings (SSSR count). The van der Waals surface area contributed by atoms with Crippen molar-refractivity contribution >= 4 is 41.3 Å². The van der Waals surface area contributed by atoms with Gasteiger partial charge < -0.3 is 44.4 Å². The number of allylic oxidation sites excluding steroid dienone is 1. The molecule has 0 aliphatic heterocycles. The van der Waals surface area contributed by atoms with Gasteiger partial charge in [0.2, 0.25) is 11.6 Å². The molecule has 19 heteroatoms. The monoisotopic (exact) mass is 993 g/mol. The molecule has 0 heterocycles. The Bertz CT molecular complexity index is 2660. The molecule has 0 aliphatic carbocycles. The van der Waals surface area contributed by atoms with Crippen molar-refractivity contribution in [3.63, 3.8) is 0 Å². The third-order valence-electron chi connectivity index (χ3n) is 10.4. The number of hydrogen-bond acceptors (Lipinski definition) is 13. The van der Waals surface area contributed by atoms with Crippen molar-refractivity contribution in [3.05, 3.63) is 149 Å². The van der Waals surface area contributed by atoms with E-state index in [9.17, 15) is 55.7 Å². The number of carbonyl (C=O) groups excluding carboxylic acids is 4. The first-order chi connectivity index (χ1) is 33.6. The van der Waals surface area contributed by atoms with Gasteiger partial charge in [0.05, 0.1) is 38.6 Å². The van der Waals surface area contributed by atoms with Gasteiger partial charge in [0.25, 0.3) is 0 Å².